The molecule has 1 N–H and O–H groups in total. The summed E-state index contributed by atoms with van der Waals surface area (Å²) in [5.41, 5.74) is 3.26. The second-order valence-electron chi connectivity index (χ2n) is 7.49. The van der Waals surface area contributed by atoms with Crippen molar-refractivity contribution in [3.63, 3.8) is 0 Å². The fourth-order valence-electron chi connectivity index (χ4n) is 4.56. The summed E-state index contributed by atoms with van der Waals surface area (Å²) >= 11 is 0. The van der Waals surface area contributed by atoms with Gasteiger partial charge < -0.3 is 19.3 Å². The molecule has 2 fully saturated rings. The van der Waals surface area contributed by atoms with Gasteiger partial charge >= 0.3 is 5.97 Å². The molecule has 4 rings (SSSR count). The zero-order valence-electron chi connectivity index (χ0n) is 15.0. The van der Waals surface area contributed by atoms with Gasteiger partial charge in [0, 0.05) is 12.8 Å². The van der Waals surface area contributed by atoms with Gasteiger partial charge in [-0.15, -0.1) is 0 Å². The highest BCUT2D eigenvalue weighted by Gasteiger charge is 2.55. The average Bonchev–Trinajstić information content (AvgIpc) is 3.09. The highest BCUT2D eigenvalue weighted by atomic mass is 16.7. The molecule has 0 aromatic heterocycles. The van der Waals surface area contributed by atoms with Gasteiger partial charge in [-0.3, -0.25) is 0 Å². The molecule has 25 heavy (non-hydrogen) atoms. The van der Waals surface area contributed by atoms with E-state index in [1.54, 1.807) is 0 Å². The molecule has 134 valence electrons. The lowest BCUT2D eigenvalue weighted by atomic mass is 9.79. The molecule has 0 bridgehead atoms. The van der Waals surface area contributed by atoms with Gasteiger partial charge in [-0.1, -0.05) is 17.7 Å². The lowest BCUT2D eigenvalue weighted by molar-refractivity contribution is -0.205. The van der Waals surface area contributed by atoms with Crippen molar-refractivity contribution >= 4 is 11.5 Å². The molecule has 1 aliphatic carbocycles. The van der Waals surface area contributed by atoms with Crippen molar-refractivity contribution in [2.24, 2.45) is 0 Å². The molecule has 3 aliphatic rings. The fraction of sp³-hybridized carbons (Fsp3) is 0.550. The topological polar surface area (TPSA) is 65.0 Å². The normalized spacial score (nSPS) is 24.4. The Morgan fingerprint density at radius 1 is 0.960 bits per heavy atom. The fourth-order valence-corrected chi connectivity index (χ4v) is 4.56. The van der Waals surface area contributed by atoms with Crippen LogP contribution < -0.4 is 0 Å². The smallest absolute Gasteiger partial charge is 0.343 e. The number of carbonyl (C=O) groups excluding carboxylic acids is 1. The molecular formula is C20H24O5. The third kappa shape index (κ3) is 2.49. The molecule has 0 atom stereocenters. The summed E-state index contributed by atoms with van der Waals surface area (Å²) in [6, 6.07) is 4.05. The zero-order valence-corrected chi connectivity index (χ0v) is 15.0. The maximum atomic E-state index is 12.7. The number of hydrogen-bond acceptors (Lipinski definition) is 5. The molecule has 2 spiro atoms. The van der Waals surface area contributed by atoms with Gasteiger partial charge in [-0.25, -0.2) is 4.79 Å². The first-order valence-electron chi connectivity index (χ1n) is 8.89. The second kappa shape index (κ2) is 5.58. The van der Waals surface area contributed by atoms with Crippen molar-refractivity contribution in [1.29, 1.82) is 0 Å². The van der Waals surface area contributed by atoms with Crippen molar-refractivity contribution in [3.05, 3.63) is 40.1 Å². The minimum absolute atomic E-state index is 0.0698. The molecular weight excluding hydrogens is 320 g/mol. The number of hydrogen-bond donors (Lipinski definition) is 1. The molecule has 0 radical (unpaired) electrons. The van der Waals surface area contributed by atoms with Crippen LogP contribution in [0.2, 0.25) is 0 Å². The van der Waals surface area contributed by atoms with E-state index < -0.39 is 17.4 Å². The number of rotatable bonds is 1. The van der Waals surface area contributed by atoms with Crippen LogP contribution in [0.4, 0.5) is 0 Å². The predicted molar refractivity (Wildman–Crippen MR) is 92.1 cm³/mol. The Hall–Kier alpha value is -1.85. The van der Waals surface area contributed by atoms with E-state index in [9.17, 15) is 9.90 Å². The van der Waals surface area contributed by atoms with Crippen molar-refractivity contribution in [2.45, 2.75) is 57.8 Å². The van der Waals surface area contributed by atoms with Gasteiger partial charge in [0.1, 0.15) is 5.57 Å². The molecule has 5 nitrogen and oxygen atoms in total. The van der Waals surface area contributed by atoms with Gasteiger partial charge in [0.15, 0.2) is 17.1 Å². The molecule has 1 saturated carbocycles. The number of aliphatic hydroxyl groups excluding tert-OH is 1. The first-order valence-corrected chi connectivity index (χ1v) is 8.89. The number of esters is 1. The lowest BCUT2D eigenvalue weighted by Crippen LogP contribution is -2.45. The molecule has 0 amide bonds. The Labute approximate surface area is 147 Å². The van der Waals surface area contributed by atoms with Gasteiger partial charge in [0.05, 0.1) is 13.2 Å². The SMILES string of the molecule is Cc1cc(C)c(C2=C(O)C3(CCC4(CC3)OCCO4)OC2=O)c(C)c1. The molecule has 0 unspecified atom stereocenters. The van der Waals surface area contributed by atoms with E-state index in [0.717, 1.165) is 22.3 Å². The quantitative estimate of drug-likeness (QED) is 0.790. The number of benzene rings is 1. The Morgan fingerprint density at radius 2 is 1.52 bits per heavy atom. The van der Waals surface area contributed by atoms with E-state index >= 15 is 0 Å². The Morgan fingerprint density at radius 3 is 2.08 bits per heavy atom. The maximum absolute atomic E-state index is 12.7. The van der Waals surface area contributed by atoms with Gasteiger partial charge in [0.2, 0.25) is 0 Å². The highest BCUT2D eigenvalue weighted by molar-refractivity contribution is 6.20. The number of ether oxygens (including phenoxy) is 3. The Balaban J connectivity index is 1.71. The lowest BCUT2D eigenvalue weighted by Gasteiger charge is -2.40. The summed E-state index contributed by atoms with van der Waals surface area (Å²) in [7, 11) is 0. The van der Waals surface area contributed by atoms with Crippen molar-refractivity contribution in [3.8, 4) is 0 Å². The summed E-state index contributed by atoms with van der Waals surface area (Å²) in [4.78, 5) is 12.7. The number of aryl methyl sites for hydroxylation is 3. The number of aliphatic hydroxyl groups is 1. The van der Waals surface area contributed by atoms with E-state index in [-0.39, 0.29) is 5.76 Å². The highest BCUT2D eigenvalue weighted by Crippen LogP contribution is 2.50. The number of carbonyl (C=O) groups is 1. The van der Waals surface area contributed by atoms with Gasteiger partial charge in [0.25, 0.3) is 0 Å². The molecule has 1 saturated heterocycles. The van der Waals surface area contributed by atoms with Crippen LogP contribution in [0.5, 0.6) is 0 Å². The second-order valence-corrected chi connectivity index (χ2v) is 7.49. The van der Waals surface area contributed by atoms with Crippen LogP contribution in [-0.2, 0) is 19.0 Å². The largest absolute Gasteiger partial charge is 0.507 e. The third-order valence-electron chi connectivity index (χ3n) is 5.72. The Kier molecular flexibility index (Phi) is 3.71. The minimum Gasteiger partial charge on any atom is -0.507 e. The first kappa shape index (κ1) is 16.6. The zero-order chi connectivity index (χ0) is 17.8. The van der Waals surface area contributed by atoms with Crippen LogP contribution in [0.3, 0.4) is 0 Å². The summed E-state index contributed by atoms with van der Waals surface area (Å²) in [5.74, 6) is -0.923. The van der Waals surface area contributed by atoms with E-state index in [4.69, 9.17) is 14.2 Å². The van der Waals surface area contributed by atoms with E-state index in [2.05, 4.69) is 0 Å². The van der Waals surface area contributed by atoms with Crippen LogP contribution >= 0.6 is 0 Å². The van der Waals surface area contributed by atoms with Crippen LogP contribution in [0, 0.1) is 20.8 Å². The first-order chi connectivity index (χ1) is 11.9. The summed E-state index contributed by atoms with van der Waals surface area (Å²) in [6.45, 7) is 7.14. The summed E-state index contributed by atoms with van der Waals surface area (Å²) < 4.78 is 17.2. The molecule has 1 aromatic carbocycles. The summed E-state index contributed by atoms with van der Waals surface area (Å²) in [6.07, 6.45) is 2.25. The predicted octanol–water partition coefficient (Wildman–Crippen LogP) is 3.49. The molecule has 5 heteroatoms. The molecule has 2 heterocycles. The van der Waals surface area contributed by atoms with E-state index in [1.165, 1.54) is 0 Å². The monoisotopic (exact) mass is 344 g/mol. The summed E-state index contributed by atoms with van der Waals surface area (Å²) in [5, 5.41) is 11.0. The van der Waals surface area contributed by atoms with Crippen LogP contribution in [0.15, 0.2) is 17.9 Å². The molecule has 1 aromatic rings. The van der Waals surface area contributed by atoms with E-state index in [1.807, 2.05) is 32.9 Å². The van der Waals surface area contributed by atoms with Gasteiger partial charge in [-0.05, 0) is 50.3 Å². The van der Waals surface area contributed by atoms with Crippen LogP contribution in [-0.4, -0.2) is 35.7 Å². The average molecular weight is 344 g/mol. The third-order valence-corrected chi connectivity index (χ3v) is 5.72. The Bertz CT molecular complexity index is 737. The van der Waals surface area contributed by atoms with Crippen LogP contribution in [0.25, 0.3) is 5.57 Å². The van der Waals surface area contributed by atoms with Crippen LogP contribution in [0.1, 0.15) is 47.9 Å². The minimum atomic E-state index is -0.934. The molecule has 2 aliphatic heterocycles. The van der Waals surface area contributed by atoms with Crippen molar-refractivity contribution in [1.82, 2.24) is 0 Å². The van der Waals surface area contributed by atoms with Crippen molar-refractivity contribution < 1.29 is 24.1 Å². The standard InChI is InChI=1S/C20H24O5/c1-12-10-13(2)15(14(3)11-12)16-17(21)19(25-18(16)22)4-6-20(7-5-19)23-8-9-24-20/h10-11,21H,4-9H2,1-3H3. The van der Waals surface area contributed by atoms with Gasteiger partial charge in [-0.2, -0.15) is 0 Å². The van der Waals surface area contributed by atoms with E-state index in [0.29, 0.717) is 44.5 Å². The maximum Gasteiger partial charge on any atom is 0.343 e. The van der Waals surface area contributed by atoms with Crippen molar-refractivity contribution in [2.75, 3.05) is 13.2 Å².